The van der Waals surface area contributed by atoms with E-state index in [2.05, 4.69) is 286 Å². The van der Waals surface area contributed by atoms with E-state index in [-0.39, 0.29) is 0 Å². The maximum Gasteiger partial charge on any atom is 0.101 e. The van der Waals surface area contributed by atoms with Crippen LogP contribution in [0, 0.1) is 11.3 Å². The Balaban J connectivity index is 0.00000249. The van der Waals surface area contributed by atoms with Gasteiger partial charge in [-0.2, -0.15) is 5.26 Å². The number of para-hydroxylation sites is 7. The van der Waals surface area contributed by atoms with Gasteiger partial charge >= 0.3 is 0 Å². The number of aromatic nitrogens is 4. The zero-order chi connectivity index (χ0) is 49.4. The van der Waals surface area contributed by atoms with Crippen molar-refractivity contribution in [1.29, 1.82) is 5.26 Å². The fraction of sp³-hybridized carbons (Fsp3) is 0. The SMILES string of the molecule is C=C.N#Cc1c(-c2ccccc2)c(-n2c3ccccc3c3ccccc32)c(-n2c3ccccc3c3ccc4c(c5ccccc5n4-c4ccccc4)c32)c(-n2c3ccccc3c3ccccc32)c1-c1ccccc1. The second-order valence-electron chi connectivity index (χ2n) is 18.7. The van der Waals surface area contributed by atoms with Gasteiger partial charge in [0.05, 0.1) is 66.8 Å². The van der Waals surface area contributed by atoms with Crippen molar-refractivity contribution in [3.63, 3.8) is 0 Å². The topological polar surface area (TPSA) is 43.5 Å². The van der Waals surface area contributed by atoms with E-state index >= 15 is 0 Å². The summed E-state index contributed by atoms with van der Waals surface area (Å²) in [6, 6.07) is 92.2. The van der Waals surface area contributed by atoms with Gasteiger partial charge in [-0.25, -0.2) is 0 Å². The van der Waals surface area contributed by atoms with Crippen LogP contribution in [0.25, 0.3) is 132 Å². The van der Waals surface area contributed by atoms with Crippen LogP contribution in [0.5, 0.6) is 0 Å². The molecular weight excluding hydrogens is 899 g/mol. The van der Waals surface area contributed by atoms with Crippen LogP contribution in [0.2, 0.25) is 0 Å². The van der Waals surface area contributed by atoms with E-state index in [4.69, 9.17) is 0 Å². The van der Waals surface area contributed by atoms with Gasteiger partial charge in [-0.1, -0.05) is 194 Å². The molecule has 0 radical (unpaired) electrons. The number of rotatable bonds is 6. The summed E-state index contributed by atoms with van der Waals surface area (Å²) in [5.41, 5.74) is 16.7. The summed E-state index contributed by atoms with van der Waals surface area (Å²) in [6.45, 7) is 6.00. The predicted molar refractivity (Wildman–Crippen MR) is 311 cm³/mol. The van der Waals surface area contributed by atoms with Gasteiger partial charge in [-0.3, -0.25) is 0 Å². The number of hydrogen-bond acceptors (Lipinski definition) is 1. The van der Waals surface area contributed by atoms with Crippen LogP contribution in [0.3, 0.4) is 0 Å². The second kappa shape index (κ2) is 17.0. The Labute approximate surface area is 427 Å². The first-order valence-electron chi connectivity index (χ1n) is 25.0. The molecule has 0 fully saturated rings. The summed E-state index contributed by atoms with van der Waals surface area (Å²) in [4.78, 5) is 0. The Bertz CT molecular complexity index is 4470. The molecule has 0 amide bonds. The highest BCUT2D eigenvalue weighted by molar-refractivity contribution is 6.27. The maximum absolute atomic E-state index is 12.3. The van der Waals surface area contributed by atoms with Gasteiger partial charge in [-0.05, 0) is 65.7 Å². The van der Waals surface area contributed by atoms with E-state index < -0.39 is 0 Å². The quantitative estimate of drug-likeness (QED) is 0.153. The highest BCUT2D eigenvalue weighted by Crippen LogP contribution is 2.53. The van der Waals surface area contributed by atoms with Crippen LogP contribution in [0.1, 0.15) is 5.56 Å². The normalized spacial score (nSPS) is 11.6. The van der Waals surface area contributed by atoms with E-state index in [1.54, 1.807) is 0 Å². The second-order valence-corrected chi connectivity index (χ2v) is 18.7. The number of hydrogen-bond donors (Lipinski definition) is 0. The molecule has 0 aliphatic heterocycles. The number of nitriles is 1. The van der Waals surface area contributed by atoms with E-state index in [0.29, 0.717) is 5.56 Å². The predicted octanol–water partition coefficient (Wildman–Crippen LogP) is 18.1. The van der Waals surface area contributed by atoms with Gasteiger partial charge in [0, 0.05) is 59.9 Å². The Kier molecular flexibility index (Phi) is 9.82. The minimum atomic E-state index is 0.594. The fourth-order valence-corrected chi connectivity index (χ4v) is 12.2. The number of benzene rings is 11. The van der Waals surface area contributed by atoms with Crippen LogP contribution >= 0.6 is 0 Å². The lowest BCUT2D eigenvalue weighted by Crippen LogP contribution is -2.14. The summed E-state index contributed by atoms with van der Waals surface area (Å²) in [7, 11) is 0. The van der Waals surface area contributed by atoms with Crippen molar-refractivity contribution in [2.75, 3.05) is 0 Å². The molecule has 5 heteroatoms. The minimum Gasteiger partial charge on any atom is -0.309 e. The van der Waals surface area contributed by atoms with Gasteiger partial charge in [0.15, 0.2) is 0 Å². The molecule has 0 saturated carbocycles. The molecule has 0 aliphatic rings. The summed E-state index contributed by atoms with van der Waals surface area (Å²) >= 11 is 0. The standard InChI is InChI=1S/C67H41N5.C2H4/c68-42-53-61(43-22-4-1-5-23-43)65(70-54-34-16-10-28-46(54)47-29-11-17-35-55(47)70)67(66(62(53)44-24-6-2-7-25-44)71-56-36-18-12-30-48(56)49-31-13-19-37-57(49)71)72-58-38-20-14-32-50(58)51-40-41-60-63(64(51)72)52-33-15-21-39-59(52)69(60)45-26-8-3-9-27-45;1-2/h1-41H;1-2H2. The smallest absolute Gasteiger partial charge is 0.101 e. The molecule has 15 aromatic rings. The van der Waals surface area contributed by atoms with Crippen molar-refractivity contribution >= 4 is 87.2 Å². The Hall–Kier alpha value is -10.2. The first-order valence-corrected chi connectivity index (χ1v) is 25.0. The molecular formula is C69H45N5. The molecule has 0 N–H and O–H groups in total. The first kappa shape index (κ1) is 42.7. The van der Waals surface area contributed by atoms with E-state index in [1.807, 2.05) is 0 Å². The molecule has 4 aromatic heterocycles. The summed E-state index contributed by atoms with van der Waals surface area (Å²) < 4.78 is 9.91. The van der Waals surface area contributed by atoms with Crippen molar-refractivity contribution in [2.45, 2.75) is 0 Å². The molecule has 11 aromatic carbocycles. The molecule has 5 nitrogen and oxygen atoms in total. The first-order chi connectivity index (χ1) is 36.8. The third-order valence-electron chi connectivity index (χ3n) is 15.0. The van der Waals surface area contributed by atoms with E-state index in [1.165, 1.54) is 0 Å². The van der Waals surface area contributed by atoms with Crippen LogP contribution in [-0.2, 0) is 0 Å². The lowest BCUT2D eigenvalue weighted by Gasteiger charge is -2.29. The number of nitrogens with zero attached hydrogens (tertiary/aromatic N) is 5. The monoisotopic (exact) mass is 943 g/mol. The van der Waals surface area contributed by atoms with Crippen molar-refractivity contribution in [2.24, 2.45) is 0 Å². The Morgan fingerprint density at radius 2 is 0.622 bits per heavy atom. The lowest BCUT2D eigenvalue weighted by atomic mass is 9.87. The largest absolute Gasteiger partial charge is 0.309 e. The minimum absolute atomic E-state index is 0.594. The zero-order valence-electron chi connectivity index (χ0n) is 40.3. The molecule has 0 unspecified atom stereocenters. The highest BCUT2D eigenvalue weighted by Gasteiger charge is 2.34. The molecule has 0 atom stereocenters. The Morgan fingerprint density at radius 1 is 0.284 bits per heavy atom. The van der Waals surface area contributed by atoms with Crippen LogP contribution < -0.4 is 0 Å². The van der Waals surface area contributed by atoms with Crippen LogP contribution in [0.15, 0.2) is 262 Å². The van der Waals surface area contributed by atoms with Crippen molar-refractivity contribution in [3.8, 4) is 51.1 Å². The highest BCUT2D eigenvalue weighted by atomic mass is 15.1. The maximum atomic E-state index is 12.3. The van der Waals surface area contributed by atoms with Crippen molar-refractivity contribution in [1.82, 2.24) is 18.3 Å². The Morgan fingerprint density at radius 3 is 1.04 bits per heavy atom. The average Bonchev–Trinajstić information content (AvgIpc) is 4.21. The molecule has 74 heavy (non-hydrogen) atoms. The molecule has 0 spiro atoms. The van der Waals surface area contributed by atoms with Gasteiger partial charge < -0.3 is 18.3 Å². The molecule has 4 heterocycles. The van der Waals surface area contributed by atoms with E-state index in [9.17, 15) is 5.26 Å². The summed E-state index contributed by atoms with van der Waals surface area (Å²) in [6.07, 6.45) is 0. The molecule has 346 valence electrons. The van der Waals surface area contributed by atoms with Gasteiger partial charge in [0.1, 0.15) is 6.07 Å². The molecule has 0 aliphatic carbocycles. The third-order valence-corrected chi connectivity index (χ3v) is 15.0. The third kappa shape index (κ3) is 6.03. The molecule has 0 saturated heterocycles. The van der Waals surface area contributed by atoms with Crippen molar-refractivity contribution < 1.29 is 0 Å². The van der Waals surface area contributed by atoms with Crippen LogP contribution in [-0.4, -0.2) is 18.3 Å². The summed E-state index contributed by atoms with van der Waals surface area (Å²) in [5, 5.41) is 21.4. The van der Waals surface area contributed by atoms with Crippen molar-refractivity contribution in [3.05, 3.63) is 267 Å². The molecule has 0 bridgehead atoms. The zero-order valence-corrected chi connectivity index (χ0v) is 40.3. The van der Waals surface area contributed by atoms with Gasteiger partial charge in [0.25, 0.3) is 0 Å². The number of fused-ring (bicyclic) bond motifs is 13. The summed E-state index contributed by atoms with van der Waals surface area (Å²) in [5.74, 6) is 0. The average molecular weight is 944 g/mol. The molecule has 15 rings (SSSR count). The fourth-order valence-electron chi connectivity index (χ4n) is 12.2. The van der Waals surface area contributed by atoms with Gasteiger partial charge in [0.2, 0.25) is 0 Å². The van der Waals surface area contributed by atoms with E-state index in [0.717, 1.165) is 132 Å². The van der Waals surface area contributed by atoms with Crippen LogP contribution in [0.4, 0.5) is 0 Å². The lowest BCUT2D eigenvalue weighted by molar-refractivity contribution is 1.05. The van der Waals surface area contributed by atoms with Gasteiger partial charge in [-0.15, -0.1) is 13.2 Å².